The summed E-state index contributed by atoms with van der Waals surface area (Å²) in [6.07, 6.45) is 4.13. The van der Waals surface area contributed by atoms with E-state index in [2.05, 4.69) is 9.59 Å². The second-order valence-electron chi connectivity index (χ2n) is 3.36. The molecular formula is C7H10ClN3S. The number of nitrogens with two attached hydrogens (primary N) is 1. The maximum atomic E-state index is 5.93. The fourth-order valence-electron chi connectivity index (χ4n) is 1.12. The van der Waals surface area contributed by atoms with Crippen molar-refractivity contribution in [2.45, 2.75) is 31.2 Å². The van der Waals surface area contributed by atoms with E-state index >= 15 is 0 Å². The van der Waals surface area contributed by atoms with Gasteiger partial charge >= 0.3 is 0 Å². The van der Waals surface area contributed by atoms with Crippen LogP contribution in [0.4, 0.5) is 0 Å². The minimum atomic E-state index is 0.0902. The Morgan fingerprint density at radius 3 is 2.83 bits per heavy atom. The van der Waals surface area contributed by atoms with E-state index in [4.69, 9.17) is 17.3 Å². The van der Waals surface area contributed by atoms with Gasteiger partial charge in [0.05, 0.1) is 5.69 Å². The molecular weight excluding hydrogens is 194 g/mol. The fraction of sp³-hybridized carbons (Fsp3) is 0.714. The first-order chi connectivity index (χ1) is 5.70. The van der Waals surface area contributed by atoms with Crippen LogP contribution < -0.4 is 5.73 Å². The van der Waals surface area contributed by atoms with Crippen molar-refractivity contribution in [3.8, 4) is 0 Å². The minimum Gasteiger partial charge on any atom is -0.325 e. The molecule has 0 saturated heterocycles. The van der Waals surface area contributed by atoms with Gasteiger partial charge in [-0.15, -0.1) is 5.10 Å². The average molecular weight is 204 g/mol. The maximum absolute atomic E-state index is 5.93. The smallest absolute Gasteiger partial charge is 0.137 e. The first-order valence-corrected chi connectivity index (χ1v) is 5.10. The van der Waals surface area contributed by atoms with E-state index in [1.165, 1.54) is 11.5 Å². The summed E-state index contributed by atoms with van der Waals surface area (Å²) >= 11 is 7.08. The Morgan fingerprint density at radius 2 is 2.33 bits per heavy atom. The first-order valence-electron chi connectivity index (χ1n) is 3.95. The normalized spacial score (nSPS) is 19.5. The van der Waals surface area contributed by atoms with Crippen LogP contribution >= 0.6 is 23.1 Å². The summed E-state index contributed by atoms with van der Waals surface area (Å²) in [7, 11) is 0. The lowest BCUT2D eigenvalue weighted by Crippen LogP contribution is -2.22. The van der Waals surface area contributed by atoms with Gasteiger partial charge in [-0.2, -0.15) is 0 Å². The van der Waals surface area contributed by atoms with Gasteiger partial charge < -0.3 is 5.73 Å². The van der Waals surface area contributed by atoms with Gasteiger partial charge in [0.2, 0.25) is 0 Å². The third-order valence-electron chi connectivity index (χ3n) is 2.26. The van der Waals surface area contributed by atoms with Crippen molar-refractivity contribution < 1.29 is 0 Å². The summed E-state index contributed by atoms with van der Waals surface area (Å²) in [5, 5.41) is 3.93. The Hall–Kier alpha value is -0.190. The highest BCUT2D eigenvalue weighted by Crippen LogP contribution is 2.37. The average Bonchev–Trinajstić information content (AvgIpc) is 2.61. The number of nitrogens with zero attached hydrogens (tertiary/aromatic N) is 2. The van der Waals surface area contributed by atoms with E-state index in [0.717, 1.165) is 31.4 Å². The lowest BCUT2D eigenvalue weighted by atomic mass is 10.1. The number of halogens is 1. The number of hydrogen-bond donors (Lipinski definition) is 1. The van der Waals surface area contributed by atoms with Gasteiger partial charge in [-0.25, -0.2) is 0 Å². The Bertz CT molecular complexity index is 282. The van der Waals surface area contributed by atoms with Crippen LogP contribution in [0.15, 0.2) is 0 Å². The Labute approximate surface area is 80.1 Å². The van der Waals surface area contributed by atoms with Crippen LogP contribution in [0.3, 0.4) is 0 Å². The molecule has 12 heavy (non-hydrogen) atoms. The van der Waals surface area contributed by atoms with Crippen LogP contribution in [0.5, 0.6) is 0 Å². The summed E-state index contributed by atoms with van der Waals surface area (Å²) in [5.41, 5.74) is 6.92. The minimum absolute atomic E-state index is 0.0902. The van der Waals surface area contributed by atoms with Crippen molar-refractivity contribution in [1.29, 1.82) is 0 Å². The van der Waals surface area contributed by atoms with Crippen LogP contribution in [-0.2, 0) is 6.42 Å². The molecule has 5 heteroatoms. The number of rotatable bonds is 3. The van der Waals surface area contributed by atoms with Gasteiger partial charge in [0, 0.05) is 17.1 Å². The number of aromatic nitrogens is 2. The van der Waals surface area contributed by atoms with E-state index < -0.39 is 0 Å². The highest BCUT2D eigenvalue weighted by molar-refractivity contribution is 7.10. The van der Waals surface area contributed by atoms with Crippen molar-refractivity contribution in [3.05, 3.63) is 10.0 Å². The molecule has 0 bridgehead atoms. The molecule has 0 radical (unpaired) electrons. The van der Waals surface area contributed by atoms with Gasteiger partial charge in [0.25, 0.3) is 0 Å². The van der Waals surface area contributed by atoms with E-state index in [1.807, 2.05) is 0 Å². The van der Waals surface area contributed by atoms with Gasteiger partial charge in [0.15, 0.2) is 0 Å². The summed E-state index contributed by atoms with van der Waals surface area (Å²) < 4.78 is 4.47. The van der Waals surface area contributed by atoms with Crippen LogP contribution in [0.1, 0.15) is 25.0 Å². The summed E-state index contributed by atoms with van der Waals surface area (Å²) in [4.78, 5) is 0. The molecule has 1 aromatic heterocycles. The maximum Gasteiger partial charge on any atom is 0.137 e. The van der Waals surface area contributed by atoms with Gasteiger partial charge in [-0.1, -0.05) is 16.1 Å². The molecule has 1 aromatic rings. The molecule has 2 N–H and O–H groups in total. The van der Waals surface area contributed by atoms with Gasteiger partial charge in [-0.05, 0) is 25.7 Å². The Balaban J connectivity index is 1.91. The molecule has 2 rings (SSSR count). The number of aryl methyl sites for hydroxylation is 1. The highest BCUT2D eigenvalue weighted by atomic mass is 35.5. The van der Waals surface area contributed by atoms with Crippen LogP contribution in [0.25, 0.3) is 0 Å². The molecule has 1 aliphatic rings. The van der Waals surface area contributed by atoms with Crippen LogP contribution in [0, 0.1) is 0 Å². The van der Waals surface area contributed by atoms with Crippen LogP contribution in [-0.4, -0.2) is 15.1 Å². The molecule has 0 amide bonds. The molecule has 1 fully saturated rings. The largest absolute Gasteiger partial charge is 0.325 e. The fourth-order valence-corrected chi connectivity index (χ4v) is 1.81. The Kier molecular flexibility index (Phi) is 2.06. The lowest BCUT2D eigenvalue weighted by molar-refractivity contribution is 0.603. The molecule has 0 atom stereocenters. The zero-order chi connectivity index (χ0) is 8.60. The summed E-state index contributed by atoms with van der Waals surface area (Å²) in [6, 6.07) is 0. The molecule has 1 heterocycles. The molecule has 3 nitrogen and oxygen atoms in total. The molecule has 0 aromatic carbocycles. The lowest BCUT2D eigenvalue weighted by Gasteiger charge is -2.05. The van der Waals surface area contributed by atoms with Crippen molar-refractivity contribution in [2.24, 2.45) is 5.73 Å². The summed E-state index contributed by atoms with van der Waals surface area (Å²) in [5.74, 6) is 0. The van der Waals surface area contributed by atoms with E-state index in [-0.39, 0.29) is 5.54 Å². The van der Waals surface area contributed by atoms with Crippen LogP contribution in [0.2, 0.25) is 4.34 Å². The first kappa shape index (κ1) is 8.41. The monoisotopic (exact) mass is 203 g/mol. The molecule has 1 saturated carbocycles. The topological polar surface area (TPSA) is 51.8 Å². The van der Waals surface area contributed by atoms with Crippen molar-refractivity contribution in [3.63, 3.8) is 0 Å². The van der Waals surface area contributed by atoms with Crippen molar-refractivity contribution >= 4 is 23.1 Å². The Morgan fingerprint density at radius 1 is 1.58 bits per heavy atom. The van der Waals surface area contributed by atoms with Gasteiger partial charge in [0.1, 0.15) is 4.34 Å². The zero-order valence-electron chi connectivity index (χ0n) is 6.59. The predicted molar refractivity (Wildman–Crippen MR) is 49.4 cm³/mol. The quantitative estimate of drug-likeness (QED) is 0.812. The summed E-state index contributed by atoms with van der Waals surface area (Å²) in [6.45, 7) is 0. The second kappa shape index (κ2) is 2.94. The van der Waals surface area contributed by atoms with Crippen molar-refractivity contribution in [1.82, 2.24) is 9.59 Å². The second-order valence-corrected chi connectivity index (χ2v) is 4.71. The zero-order valence-corrected chi connectivity index (χ0v) is 8.16. The molecule has 0 aliphatic heterocycles. The predicted octanol–water partition coefficient (Wildman–Crippen LogP) is 1.62. The standard InChI is InChI=1S/C7H10ClN3S/c8-6-5(10-11-12-6)1-2-7(9)3-4-7/h1-4,9H2. The molecule has 66 valence electrons. The van der Waals surface area contributed by atoms with E-state index in [1.54, 1.807) is 0 Å². The molecule has 1 aliphatic carbocycles. The van der Waals surface area contributed by atoms with E-state index in [9.17, 15) is 0 Å². The SMILES string of the molecule is NC1(CCc2nnsc2Cl)CC1. The molecule has 0 spiro atoms. The van der Waals surface area contributed by atoms with Crippen molar-refractivity contribution in [2.75, 3.05) is 0 Å². The molecule has 0 unspecified atom stereocenters. The van der Waals surface area contributed by atoms with Gasteiger partial charge in [-0.3, -0.25) is 0 Å². The third-order valence-corrected chi connectivity index (χ3v) is 3.25. The highest BCUT2D eigenvalue weighted by Gasteiger charge is 2.37. The number of hydrogen-bond acceptors (Lipinski definition) is 4. The van der Waals surface area contributed by atoms with E-state index in [0.29, 0.717) is 4.34 Å². The third kappa shape index (κ3) is 1.76.